The van der Waals surface area contributed by atoms with Crippen LogP contribution in [0.4, 0.5) is 0 Å². The van der Waals surface area contributed by atoms with Gasteiger partial charge in [0.05, 0.1) is 13.2 Å². The van der Waals surface area contributed by atoms with Crippen molar-refractivity contribution in [2.24, 2.45) is 0 Å². The lowest BCUT2D eigenvalue weighted by Crippen LogP contribution is -2.45. The summed E-state index contributed by atoms with van der Waals surface area (Å²) in [7, 11) is -3.73. The van der Waals surface area contributed by atoms with Crippen molar-refractivity contribution in [3.8, 4) is 0 Å². The molecule has 1 aromatic heterocycles. The SMILES string of the molecule is CC(CN1CCOCC1)NS(=O)(=O)c1c[nH]c(C(=O)O)c1. The molecular formula is C12H19N3O5S. The van der Waals surface area contributed by atoms with Gasteiger partial charge in [0, 0.05) is 31.9 Å². The third kappa shape index (κ3) is 4.27. The van der Waals surface area contributed by atoms with E-state index >= 15 is 0 Å². The van der Waals surface area contributed by atoms with Crippen LogP contribution < -0.4 is 4.72 Å². The van der Waals surface area contributed by atoms with Crippen LogP contribution in [0.15, 0.2) is 17.2 Å². The maximum absolute atomic E-state index is 12.2. The standard InChI is InChI=1S/C12H19N3O5S/c1-9(8-15-2-4-20-5-3-15)14-21(18,19)10-6-11(12(16)17)13-7-10/h6-7,9,13-14H,2-5,8H2,1H3,(H,16,17). The molecule has 21 heavy (non-hydrogen) atoms. The molecule has 8 nitrogen and oxygen atoms in total. The van der Waals surface area contributed by atoms with Crippen molar-refractivity contribution in [3.63, 3.8) is 0 Å². The molecule has 1 aliphatic heterocycles. The molecule has 1 atom stereocenters. The topological polar surface area (TPSA) is 112 Å². The van der Waals surface area contributed by atoms with E-state index in [-0.39, 0.29) is 16.6 Å². The van der Waals surface area contributed by atoms with E-state index < -0.39 is 16.0 Å². The maximum atomic E-state index is 12.2. The Morgan fingerprint density at radius 1 is 1.52 bits per heavy atom. The predicted molar refractivity (Wildman–Crippen MR) is 74.8 cm³/mol. The number of aromatic carboxylic acids is 1. The minimum atomic E-state index is -3.73. The van der Waals surface area contributed by atoms with E-state index in [0.29, 0.717) is 19.8 Å². The lowest BCUT2D eigenvalue weighted by molar-refractivity contribution is 0.0354. The Kier molecular flexibility index (Phi) is 4.99. The first kappa shape index (κ1) is 16.0. The molecule has 0 radical (unpaired) electrons. The first-order valence-electron chi connectivity index (χ1n) is 6.62. The van der Waals surface area contributed by atoms with E-state index in [1.165, 1.54) is 6.20 Å². The summed E-state index contributed by atoms with van der Waals surface area (Å²) in [5.41, 5.74) is -0.156. The van der Waals surface area contributed by atoms with E-state index in [2.05, 4.69) is 14.6 Å². The highest BCUT2D eigenvalue weighted by atomic mass is 32.2. The van der Waals surface area contributed by atoms with Gasteiger partial charge in [-0.1, -0.05) is 0 Å². The Morgan fingerprint density at radius 2 is 2.19 bits per heavy atom. The van der Waals surface area contributed by atoms with Crippen LogP contribution >= 0.6 is 0 Å². The largest absolute Gasteiger partial charge is 0.477 e. The first-order chi connectivity index (χ1) is 9.88. The van der Waals surface area contributed by atoms with Crippen molar-refractivity contribution >= 4 is 16.0 Å². The number of nitrogens with zero attached hydrogens (tertiary/aromatic N) is 1. The third-order valence-corrected chi connectivity index (χ3v) is 4.76. The quantitative estimate of drug-likeness (QED) is 0.665. The van der Waals surface area contributed by atoms with Gasteiger partial charge in [-0.05, 0) is 13.0 Å². The van der Waals surface area contributed by atoms with Gasteiger partial charge in [-0.2, -0.15) is 0 Å². The van der Waals surface area contributed by atoms with Gasteiger partial charge >= 0.3 is 5.97 Å². The summed E-state index contributed by atoms with van der Waals surface area (Å²) in [4.78, 5) is 15.2. The molecule has 0 bridgehead atoms. The van der Waals surface area contributed by atoms with Crippen molar-refractivity contribution in [3.05, 3.63) is 18.0 Å². The third-order valence-electron chi connectivity index (χ3n) is 3.19. The number of rotatable bonds is 6. The lowest BCUT2D eigenvalue weighted by Gasteiger charge is -2.29. The second-order valence-corrected chi connectivity index (χ2v) is 6.70. The fourth-order valence-electron chi connectivity index (χ4n) is 2.19. The number of H-pyrrole nitrogens is 1. The predicted octanol–water partition coefficient (Wildman–Crippen LogP) is -0.288. The summed E-state index contributed by atoms with van der Waals surface area (Å²) in [5, 5.41) is 8.80. The average Bonchev–Trinajstić information content (AvgIpc) is 2.89. The number of carboxylic acid groups (broad SMARTS) is 1. The van der Waals surface area contributed by atoms with Crippen molar-refractivity contribution in [1.82, 2.24) is 14.6 Å². The van der Waals surface area contributed by atoms with Gasteiger partial charge in [0.25, 0.3) is 0 Å². The number of morpholine rings is 1. The summed E-state index contributed by atoms with van der Waals surface area (Å²) in [5.74, 6) is -1.20. The number of hydrogen-bond donors (Lipinski definition) is 3. The number of carboxylic acids is 1. The number of carbonyl (C=O) groups is 1. The molecule has 0 aliphatic carbocycles. The molecule has 0 amide bonds. The second kappa shape index (κ2) is 6.56. The van der Waals surface area contributed by atoms with Crippen LogP contribution in [0.3, 0.4) is 0 Å². The summed E-state index contributed by atoms with van der Waals surface area (Å²) in [6, 6.07) is 0.822. The van der Waals surface area contributed by atoms with E-state index in [4.69, 9.17) is 9.84 Å². The number of nitrogens with one attached hydrogen (secondary N) is 2. The van der Waals surface area contributed by atoms with E-state index in [1.54, 1.807) is 6.92 Å². The molecule has 1 aromatic rings. The maximum Gasteiger partial charge on any atom is 0.352 e. The highest BCUT2D eigenvalue weighted by Crippen LogP contribution is 2.11. The number of aromatic amines is 1. The Balaban J connectivity index is 1.97. The number of sulfonamides is 1. The van der Waals surface area contributed by atoms with Crippen LogP contribution in [0.1, 0.15) is 17.4 Å². The Hall–Kier alpha value is -1.42. The van der Waals surface area contributed by atoms with Gasteiger partial charge in [0.2, 0.25) is 10.0 Å². The minimum absolute atomic E-state index is 0.0753. The van der Waals surface area contributed by atoms with Crippen LogP contribution in [-0.4, -0.2) is 68.3 Å². The molecule has 0 spiro atoms. The zero-order valence-electron chi connectivity index (χ0n) is 11.7. The first-order valence-corrected chi connectivity index (χ1v) is 8.11. The van der Waals surface area contributed by atoms with Crippen molar-refractivity contribution in [1.29, 1.82) is 0 Å². The van der Waals surface area contributed by atoms with Gasteiger partial charge in [0.15, 0.2) is 0 Å². The number of aromatic nitrogens is 1. The summed E-state index contributed by atoms with van der Waals surface area (Å²) < 4.78 is 32.1. The average molecular weight is 317 g/mol. The Morgan fingerprint density at radius 3 is 2.76 bits per heavy atom. The van der Waals surface area contributed by atoms with Gasteiger partial charge in [-0.25, -0.2) is 17.9 Å². The number of ether oxygens (including phenoxy) is 1. The zero-order chi connectivity index (χ0) is 15.5. The fraction of sp³-hybridized carbons (Fsp3) is 0.583. The molecule has 1 fully saturated rings. The summed E-state index contributed by atoms with van der Waals surface area (Å²) >= 11 is 0. The highest BCUT2D eigenvalue weighted by Gasteiger charge is 2.22. The molecule has 0 saturated carbocycles. The molecular weight excluding hydrogens is 298 g/mol. The van der Waals surface area contributed by atoms with Gasteiger partial charge < -0.3 is 14.8 Å². The normalized spacial score (nSPS) is 18.5. The highest BCUT2D eigenvalue weighted by molar-refractivity contribution is 7.89. The van der Waals surface area contributed by atoms with Crippen LogP contribution in [0.2, 0.25) is 0 Å². The van der Waals surface area contributed by atoms with Gasteiger partial charge in [-0.3, -0.25) is 4.90 Å². The molecule has 1 aliphatic rings. The monoisotopic (exact) mass is 317 g/mol. The van der Waals surface area contributed by atoms with Crippen molar-refractivity contribution < 1.29 is 23.1 Å². The Labute approximate surface area is 123 Å². The molecule has 3 N–H and O–H groups in total. The number of hydrogen-bond acceptors (Lipinski definition) is 5. The molecule has 0 aromatic carbocycles. The van der Waals surface area contributed by atoms with E-state index in [9.17, 15) is 13.2 Å². The summed E-state index contributed by atoms with van der Waals surface area (Å²) in [6.07, 6.45) is 1.17. The second-order valence-electron chi connectivity index (χ2n) is 4.99. The van der Waals surface area contributed by atoms with Crippen molar-refractivity contribution in [2.45, 2.75) is 17.9 Å². The zero-order valence-corrected chi connectivity index (χ0v) is 12.5. The van der Waals surface area contributed by atoms with Crippen LogP contribution in [0, 0.1) is 0 Å². The van der Waals surface area contributed by atoms with E-state index in [1.807, 2.05) is 0 Å². The molecule has 118 valence electrons. The van der Waals surface area contributed by atoms with Crippen LogP contribution in [0.5, 0.6) is 0 Å². The van der Waals surface area contributed by atoms with Crippen molar-refractivity contribution in [2.75, 3.05) is 32.8 Å². The molecule has 2 rings (SSSR count). The van der Waals surface area contributed by atoms with Crippen LogP contribution in [0.25, 0.3) is 0 Å². The minimum Gasteiger partial charge on any atom is -0.477 e. The fourth-order valence-corrected chi connectivity index (χ4v) is 3.42. The van der Waals surface area contributed by atoms with Gasteiger partial charge in [0.1, 0.15) is 10.6 Å². The Bertz CT molecular complexity index is 592. The molecule has 1 unspecified atom stereocenters. The lowest BCUT2D eigenvalue weighted by atomic mass is 10.3. The summed E-state index contributed by atoms with van der Waals surface area (Å²) in [6.45, 7) is 5.22. The van der Waals surface area contributed by atoms with Crippen LogP contribution in [-0.2, 0) is 14.8 Å². The smallest absolute Gasteiger partial charge is 0.352 e. The molecule has 1 saturated heterocycles. The molecule has 9 heteroatoms. The van der Waals surface area contributed by atoms with Gasteiger partial charge in [-0.15, -0.1) is 0 Å². The molecule has 2 heterocycles. The van der Waals surface area contributed by atoms with E-state index in [0.717, 1.165) is 19.2 Å².